The standard InChI is InChI=1S/C14H21NO2/c1-5-10(2)6-7-11(3)15-14(16)17-12(4)13-8-9-13/h5-7,12-13H,3,8-9H2,1-2,4H3,(H,15,16)/b7-6-,10-5-. The lowest BCUT2D eigenvalue weighted by molar-refractivity contribution is 0.0980. The van der Waals surface area contributed by atoms with Gasteiger partial charge in [-0.15, -0.1) is 0 Å². The van der Waals surface area contributed by atoms with Gasteiger partial charge in [-0.25, -0.2) is 4.79 Å². The summed E-state index contributed by atoms with van der Waals surface area (Å²) >= 11 is 0. The summed E-state index contributed by atoms with van der Waals surface area (Å²) in [5.74, 6) is 0.551. The SMILES string of the molecule is C=C(/C=C\C(C)=C/C)NC(=O)OC(C)C1CC1. The lowest BCUT2D eigenvalue weighted by Crippen LogP contribution is -2.27. The summed E-state index contributed by atoms with van der Waals surface area (Å²) in [7, 11) is 0. The second-order valence-electron chi connectivity index (χ2n) is 4.46. The minimum atomic E-state index is -0.419. The molecule has 0 spiro atoms. The molecule has 1 atom stereocenters. The van der Waals surface area contributed by atoms with E-state index in [0.717, 1.165) is 18.4 Å². The smallest absolute Gasteiger partial charge is 0.411 e. The first-order valence-electron chi connectivity index (χ1n) is 6.00. The van der Waals surface area contributed by atoms with E-state index < -0.39 is 6.09 Å². The number of alkyl carbamates (subject to hydrolysis) is 1. The Bertz CT molecular complexity index is 351. The first-order valence-corrected chi connectivity index (χ1v) is 6.00. The van der Waals surface area contributed by atoms with Gasteiger partial charge in [-0.3, -0.25) is 5.32 Å². The molecule has 1 N–H and O–H groups in total. The van der Waals surface area contributed by atoms with E-state index in [-0.39, 0.29) is 6.10 Å². The third kappa shape index (κ3) is 5.38. The minimum Gasteiger partial charge on any atom is -0.446 e. The summed E-state index contributed by atoms with van der Waals surface area (Å²) in [4.78, 5) is 11.5. The van der Waals surface area contributed by atoms with Gasteiger partial charge < -0.3 is 4.74 Å². The highest BCUT2D eigenvalue weighted by atomic mass is 16.6. The van der Waals surface area contributed by atoms with Crippen LogP contribution in [0.3, 0.4) is 0 Å². The predicted molar refractivity (Wildman–Crippen MR) is 69.5 cm³/mol. The number of ether oxygens (including phenoxy) is 1. The fourth-order valence-corrected chi connectivity index (χ4v) is 1.36. The molecule has 0 aromatic carbocycles. The molecule has 0 radical (unpaired) electrons. The van der Waals surface area contributed by atoms with Gasteiger partial charge in [0.25, 0.3) is 0 Å². The van der Waals surface area contributed by atoms with Gasteiger partial charge >= 0.3 is 6.09 Å². The van der Waals surface area contributed by atoms with Crippen molar-refractivity contribution in [1.29, 1.82) is 0 Å². The van der Waals surface area contributed by atoms with Crippen LogP contribution in [0.15, 0.2) is 36.1 Å². The van der Waals surface area contributed by atoms with Crippen molar-refractivity contribution in [3.8, 4) is 0 Å². The van der Waals surface area contributed by atoms with E-state index in [2.05, 4.69) is 11.9 Å². The molecule has 17 heavy (non-hydrogen) atoms. The Hall–Kier alpha value is -1.51. The molecular formula is C14H21NO2. The summed E-state index contributed by atoms with van der Waals surface area (Å²) in [6.07, 6.45) is 7.55. The number of hydrogen-bond acceptors (Lipinski definition) is 2. The fraction of sp³-hybridized carbons (Fsp3) is 0.500. The van der Waals surface area contributed by atoms with Crippen molar-refractivity contribution in [3.63, 3.8) is 0 Å². The average Bonchev–Trinajstić information content (AvgIpc) is 3.09. The molecular weight excluding hydrogens is 214 g/mol. The van der Waals surface area contributed by atoms with Crippen LogP contribution in [0.1, 0.15) is 33.6 Å². The zero-order valence-electron chi connectivity index (χ0n) is 10.8. The van der Waals surface area contributed by atoms with Gasteiger partial charge in [0.2, 0.25) is 0 Å². The lowest BCUT2D eigenvalue weighted by atomic mass is 10.2. The molecule has 1 rings (SSSR count). The van der Waals surface area contributed by atoms with Crippen molar-refractivity contribution < 1.29 is 9.53 Å². The van der Waals surface area contributed by atoms with E-state index in [0.29, 0.717) is 11.6 Å². The van der Waals surface area contributed by atoms with Gasteiger partial charge in [-0.05, 0) is 45.6 Å². The maximum Gasteiger partial charge on any atom is 0.411 e. The zero-order chi connectivity index (χ0) is 12.8. The van der Waals surface area contributed by atoms with Crippen LogP contribution in [0.5, 0.6) is 0 Å². The first kappa shape index (κ1) is 13.6. The maximum absolute atomic E-state index is 11.5. The van der Waals surface area contributed by atoms with Crippen molar-refractivity contribution in [1.82, 2.24) is 5.32 Å². The number of nitrogens with one attached hydrogen (secondary N) is 1. The first-order chi connectivity index (χ1) is 8.02. The zero-order valence-corrected chi connectivity index (χ0v) is 10.8. The van der Waals surface area contributed by atoms with Crippen LogP contribution in [0, 0.1) is 5.92 Å². The van der Waals surface area contributed by atoms with E-state index in [1.54, 1.807) is 6.08 Å². The molecule has 1 aliphatic carbocycles. The van der Waals surface area contributed by atoms with E-state index >= 15 is 0 Å². The third-order valence-corrected chi connectivity index (χ3v) is 2.84. The molecule has 0 bridgehead atoms. The number of allylic oxidation sites excluding steroid dienone is 4. The van der Waals surface area contributed by atoms with Crippen molar-refractivity contribution >= 4 is 6.09 Å². The van der Waals surface area contributed by atoms with E-state index in [4.69, 9.17) is 4.74 Å². The molecule has 1 aliphatic rings. The molecule has 1 amide bonds. The Kier molecular flexibility index (Phi) is 5.01. The predicted octanol–water partition coefficient (Wildman–Crippen LogP) is 3.55. The topological polar surface area (TPSA) is 38.3 Å². The Labute approximate surface area is 103 Å². The molecule has 1 saturated carbocycles. The molecule has 3 heteroatoms. The maximum atomic E-state index is 11.5. The highest BCUT2D eigenvalue weighted by molar-refractivity contribution is 5.70. The molecule has 0 aromatic heterocycles. The van der Waals surface area contributed by atoms with Gasteiger partial charge in [0.05, 0.1) is 0 Å². The normalized spacial score (nSPS) is 17.9. The Morgan fingerprint density at radius 2 is 2.12 bits per heavy atom. The van der Waals surface area contributed by atoms with Gasteiger partial charge in [-0.1, -0.05) is 24.3 Å². The number of rotatable bonds is 5. The van der Waals surface area contributed by atoms with Gasteiger partial charge in [0.15, 0.2) is 0 Å². The van der Waals surface area contributed by atoms with Crippen LogP contribution in [-0.4, -0.2) is 12.2 Å². The highest BCUT2D eigenvalue weighted by Gasteiger charge is 2.30. The third-order valence-electron chi connectivity index (χ3n) is 2.84. The van der Waals surface area contributed by atoms with Crippen LogP contribution in [-0.2, 0) is 4.74 Å². The summed E-state index contributed by atoms with van der Waals surface area (Å²) in [6.45, 7) is 9.62. The average molecular weight is 235 g/mol. The van der Waals surface area contributed by atoms with Crippen molar-refractivity contribution in [3.05, 3.63) is 36.1 Å². The highest BCUT2D eigenvalue weighted by Crippen LogP contribution is 2.33. The molecule has 1 unspecified atom stereocenters. The van der Waals surface area contributed by atoms with Crippen molar-refractivity contribution in [2.24, 2.45) is 5.92 Å². The fourth-order valence-electron chi connectivity index (χ4n) is 1.36. The van der Waals surface area contributed by atoms with Crippen LogP contribution in [0.25, 0.3) is 0 Å². The Balaban J connectivity index is 2.30. The van der Waals surface area contributed by atoms with Gasteiger partial charge in [0.1, 0.15) is 6.10 Å². The summed E-state index contributed by atoms with van der Waals surface area (Å²) in [6, 6.07) is 0. The molecule has 94 valence electrons. The summed E-state index contributed by atoms with van der Waals surface area (Å²) in [5, 5.41) is 2.60. The largest absolute Gasteiger partial charge is 0.446 e. The van der Waals surface area contributed by atoms with Crippen LogP contribution in [0.2, 0.25) is 0 Å². The van der Waals surface area contributed by atoms with Gasteiger partial charge in [0, 0.05) is 5.70 Å². The monoisotopic (exact) mass is 235 g/mol. The number of amides is 1. The molecule has 1 fully saturated rings. The van der Waals surface area contributed by atoms with Crippen LogP contribution in [0.4, 0.5) is 4.79 Å². The molecule has 0 aliphatic heterocycles. The minimum absolute atomic E-state index is 0.00375. The van der Waals surface area contributed by atoms with E-state index in [1.165, 1.54) is 0 Å². The number of carbonyl (C=O) groups is 1. The molecule has 0 heterocycles. The molecule has 0 aromatic rings. The quantitative estimate of drug-likeness (QED) is 0.740. The second-order valence-corrected chi connectivity index (χ2v) is 4.46. The van der Waals surface area contributed by atoms with Gasteiger partial charge in [-0.2, -0.15) is 0 Å². The number of carbonyl (C=O) groups excluding carboxylic acids is 1. The molecule has 3 nitrogen and oxygen atoms in total. The Morgan fingerprint density at radius 3 is 2.65 bits per heavy atom. The number of hydrogen-bond donors (Lipinski definition) is 1. The van der Waals surface area contributed by atoms with Crippen LogP contribution >= 0.6 is 0 Å². The van der Waals surface area contributed by atoms with E-state index in [1.807, 2.05) is 32.9 Å². The van der Waals surface area contributed by atoms with Crippen molar-refractivity contribution in [2.75, 3.05) is 0 Å². The summed E-state index contributed by atoms with van der Waals surface area (Å²) < 4.78 is 5.22. The lowest BCUT2D eigenvalue weighted by Gasteiger charge is -2.12. The van der Waals surface area contributed by atoms with Crippen LogP contribution < -0.4 is 5.32 Å². The molecule has 0 saturated heterocycles. The van der Waals surface area contributed by atoms with E-state index in [9.17, 15) is 4.79 Å². The second kappa shape index (κ2) is 6.28. The Morgan fingerprint density at radius 1 is 1.47 bits per heavy atom. The summed E-state index contributed by atoms with van der Waals surface area (Å²) in [5.41, 5.74) is 1.66. The van der Waals surface area contributed by atoms with Crippen molar-refractivity contribution in [2.45, 2.75) is 39.7 Å².